The standard InChI is InChI=1S/C16H25FN4/c1-20-8-6-12(7-9-20)10-21(2)11-13-4-3-5-14(15(13)17)16(18)19/h3-5,12H,6-11H2,1-2H3,(H3,18,19). The third-order valence-corrected chi connectivity index (χ3v) is 4.22. The van der Waals surface area contributed by atoms with Crippen molar-refractivity contribution in [2.75, 3.05) is 33.7 Å². The van der Waals surface area contributed by atoms with Gasteiger partial charge in [-0.15, -0.1) is 0 Å². The molecule has 2 rings (SSSR count). The van der Waals surface area contributed by atoms with Crippen molar-refractivity contribution in [1.29, 1.82) is 5.41 Å². The number of nitrogens with zero attached hydrogens (tertiary/aromatic N) is 2. The van der Waals surface area contributed by atoms with Crippen LogP contribution in [-0.4, -0.2) is 49.4 Å². The maximum atomic E-state index is 14.3. The topological polar surface area (TPSA) is 56.4 Å². The molecule has 1 aliphatic rings. The summed E-state index contributed by atoms with van der Waals surface area (Å²) in [4.78, 5) is 4.52. The number of benzene rings is 1. The van der Waals surface area contributed by atoms with E-state index in [0.29, 0.717) is 18.0 Å². The van der Waals surface area contributed by atoms with Crippen molar-refractivity contribution >= 4 is 5.84 Å². The smallest absolute Gasteiger partial charge is 0.138 e. The molecule has 0 bridgehead atoms. The number of piperidine rings is 1. The highest BCUT2D eigenvalue weighted by Crippen LogP contribution is 2.19. The maximum absolute atomic E-state index is 14.3. The molecule has 0 atom stereocenters. The fourth-order valence-corrected chi connectivity index (χ4v) is 2.95. The average Bonchev–Trinajstić information content (AvgIpc) is 2.43. The second kappa shape index (κ2) is 7.00. The molecule has 116 valence electrons. The summed E-state index contributed by atoms with van der Waals surface area (Å²) in [5.74, 6) is 0.109. The monoisotopic (exact) mass is 292 g/mol. The molecular weight excluding hydrogens is 267 g/mol. The number of rotatable bonds is 5. The Morgan fingerprint density at radius 3 is 2.71 bits per heavy atom. The molecular formula is C16H25FN4. The van der Waals surface area contributed by atoms with Gasteiger partial charge in [-0.05, 0) is 52.0 Å². The van der Waals surface area contributed by atoms with Gasteiger partial charge in [0.25, 0.3) is 0 Å². The second-order valence-corrected chi connectivity index (χ2v) is 6.14. The largest absolute Gasteiger partial charge is 0.384 e. The van der Waals surface area contributed by atoms with E-state index in [1.165, 1.54) is 12.8 Å². The van der Waals surface area contributed by atoms with Crippen LogP contribution in [0.1, 0.15) is 24.0 Å². The van der Waals surface area contributed by atoms with Gasteiger partial charge in [-0.25, -0.2) is 4.39 Å². The third kappa shape index (κ3) is 4.25. The zero-order chi connectivity index (χ0) is 15.4. The van der Waals surface area contributed by atoms with E-state index in [0.717, 1.165) is 19.6 Å². The van der Waals surface area contributed by atoms with Gasteiger partial charge in [0.1, 0.15) is 11.7 Å². The lowest BCUT2D eigenvalue weighted by molar-refractivity contribution is 0.172. The lowest BCUT2D eigenvalue weighted by Crippen LogP contribution is -2.35. The van der Waals surface area contributed by atoms with Crippen LogP contribution in [0, 0.1) is 17.1 Å². The molecule has 5 heteroatoms. The van der Waals surface area contributed by atoms with Gasteiger partial charge < -0.3 is 15.5 Å². The minimum atomic E-state index is -0.361. The van der Waals surface area contributed by atoms with Crippen LogP contribution in [0.2, 0.25) is 0 Å². The number of nitrogen functional groups attached to an aromatic ring is 1. The lowest BCUT2D eigenvalue weighted by Gasteiger charge is -2.31. The highest BCUT2D eigenvalue weighted by Gasteiger charge is 2.19. The number of hydrogen-bond donors (Lipinski definition) is 2. The molecule has 1 heterocycles. The van der Waals surface area contributed by atoms with Crippen molar-refractivity contribution in [1.82, 2.24) is 9.80 Å². The minimum absolute atomic E-state index is 0.195. The molecule has 21 heavy (non-hydrogen) atoms. The predicted octanol–water partition coefficient (Wildman–Crippen LogP) is 1.88. The quantitative estimate of drug-likeness (QED) is 0.643. The van der Waals surface area contributed by atoms with E-state index < -0.39 is 0 Å². The molecule has 1 aliphatic heterocycles. The molecule has 1 aromatic rings. The Kier molecular flexibility index (Phi) is 5.31. The Balaban J connectivity index is 1.95. The first-order valence-electron chi connectivity index (χ1n) is 7.46. The van der Waals surface area contributed by atoms with Crippen molar-refractivity contribution in [3.63, 3.8) is 0 Å². The highest BCUT2D eigenvalue weighted by molar-refractivity contribution is 5.95. The Morgan fingerprint density at radius 2 is 2.10 bits per heavy atom. The lowest BCUT2D eigenvalue weighted by atomic mass is 9.96. The summed E-state index contributed by atoms with van der Waals surface area (Å²) in [6.07, 6.45) is 2.41. The molecule has 0 amide bonds. The van der Waals surface area contributed by atoms with Crippen LogP contribution in [0.4, 0.5) is 4.39 Å². The van der Waals surface area contributed by atoms with Crippen LogP contribution in [0.5, 0.6) is 0 Å². The fraction of sp³-hybridized carbons (Fsp3) is 0.562. The predicted molar refractivity (Wildman–Crippen MR) is 84.0 cm³/mol. The normalized spacial score (nSPS) is 17.3. The fourth-order valence-electron chi connectivity index (χ4n) is 2.95. The van der Waals surface area contributed by atoms with E-state index in [1.807, 2.05) is 7.05 Å². The molecule has 0 unspecified atom stereocenters. The first-order chi connectivity index (χ1) is 9.97. The van der Waals surface area contributed by atoms with Gasteiger partial charge in [0.2, 0.25) is 0 Å². The SMILES string of the molecule is CN1CCC(CN(C)Cc2cccc(C(=N)N)c2F)CC1. The van der Waals surface area contributed by atoms with E-state index in [-0.39, 0.29) is 17.2 Å². The Labute approximate surface area is 126 Å². The van der Waals surface area contributed by atoms with Crippen LogP contribution in [0.3, 0.4) is 0 Å². The van der Waals surface area contributed by atoms with Gasteiger partial charge in [0.05, 0.1) is 5.56 Å². The summed E-state index contributed by atoms with van der Waals surface area (Å²) in [5.41, 5.74) is 6.21. The van der Waals surface area contributed by atoms with Crippen LogP contribution in [0.25, 0.3) is 0 Å². The summed E-state index contributed by atoms with van der Waals surface area (Å²) in [7, 11) is 4.18. The van der Waals surface area contributed by atoms with E-state index in [2.05, 4.69) is 16.8 Å². The molecule has 0 saturated carbocycles. The van der Waals surface area contributed by atoms with Gasteiger partial charge in [0, 0.05) is 18.7 Å². The molecule has 0 radical (unpaired) electrons. The molecule has 1 saturated heterocycles. The van der Waals surface area contributed by atoms with E-state index >= 15 is 0 Å². The van der Waals surface area contributed by atoms with Crippen LogP contribution >= 0.6 is 0 Å². The summed E-state index contributed by atoms with van der Waals surface area (Å²) in [6.45, 7) is 3.83. The van der Waals surface area contributed by atoms with Crippen LogP contribution in [0.15, 0.2) is 18.2 Å². The zero-order valence-electron chi connectivity index (χ0n) is 12.9. The van der Waals surface area contributed by atoms with Crippen molar-refractivity contribution < 1.29 is 4.39 Å². The van der Waals surface area contributed by atoms with Gasteiger partial charge in [-0.1, -0.05) is 12.1 Å². The molecule has 0 spiro atoms. The molecule has 0 aromatic heterocycles. The first-order valence-corrected chi connectivity index (χ1v) is 7.46. The van der Waals surface area contributed by atoms with Crippen molar-refractivity contribution in [2.45, 2.75) is 19.4 Å². The summed E-state index contributed by atoms with van der Waals surface area (Å²) >= 11 is 0. The van der Waals surface area contributed by atoms with Gasteiger partial charge in [-0.3, -0.25) is 5.41 Å². The third-order valence-electron chi connectivity index (χ3n) is 4.22. The second-order valence-electron chi connectivity index (χ2n) is 6.14. The number of nitrogens with two attached hydrogens (primary N) is 1. The number of halogens is 1. The Bertz CT molecular complexity index is 495. The van der Waals surface area contributed by atoms with Gasteiger partial charge >= 0.3 is 0 Å². The number of hydrogen-bond acceptors (Lipinski definition) is 3. The summed E-state index contributed by atoms with van der Waals surface area (Å²) < 4.78 is 14.3. The Hall–Kier alpha value is -1.46. The number of amidine groups is 1. The van der Waals surface area contributed by atoms with E-state index in [4.69, 9.17) is 11.1 Å². The Morgan fingerprint density at radius 1 is 1.43 bits per heavy atom. The highest BCUT2D eigenvalue weighted by atomic mass is 19.1. The molecule has 4 nitrogen and oxygen atoms in total. The molecule has 1 fully saturated rings. The van der Waals surface area contributed by atoms with Crippen molar-refractivity contribution in [2.24, 2.45) is 11.7 Å². The molecule has 0 aliphatic carbocycles. The summed E-state index contributed by atoms with van der Waals surface area (Å²) in [6, 6.07) is 5.09. The molecule has 3 N–H and O–H groups in total. The van der Waals surface area contributed by atoms with Crippen LogP contribution in [-0.2, 0) is 6.54 Å². The average molecular weight is 292 g/mol. The van der Waals surface area contributed by atoms with Gasteiger partial charge in [0.15, 0.2) is 0 Å². The zero-order valence-corrected chi connectivity index (χ0v) is 12.9. The molecule has 1 aromatic carbocycles. The van der Waals surface area contributed by atoms with E-state index in [1.54, 1.807) is 18.2 Å². The van der Waals surface area contributed by atoms with Crippen molar-refractivity contribution in [3.05, 3.63) is 35.1 Å². The van der Waals surface area contributed by atoms with Crippen LogP contribution < -0.4 is 5.73 Å². The van der Waals surface area contributed by atoms with E-state index in [9.17, 15) is 4.39 Å². The van der Waals surface area contributed by atoms with Crippen molar-refractivity contribution in [3.8, 4) is 0 Å². The summed E-state index contributed by atoms with van der Waals surface area (Å²) in [5, 5.41) is 7.40. The first kappa shape index (κ1) is 15.9. The number of likely N-dealkylation sites (tertiary alicyclic amines) is 1. The minimum Gasteiger partial charge on any atom is -0.384 e. The number of nitrogens with one attached hydrogen (secondary N) is 1. The maximum Gasteiger partial charge on any atom is 0.138 e. The van der Waals surface area contributed by atoms with Gasteiger partial charge in [-0.2, -0.15) is 0 Å².